The van der Waals surface area contributed by atoms with E-state index in [1.165, 1.54) is 0 Å². The molecule has 0 bridgehead atoms. The fourth-order valence-corrected chi connectivity index (χ4v) is 4.44. The zero-order valence-corrected chi connectivity index (χ0v) is 20.1. The first-order valence-corrected chi connectivity index (χ1v) is 11.8. The molecule has 0 spiro atoms. The van der Waals surface area contributed by atoms with Crippen LogP contribution in [0.3, 0.4) is 0 Å². The first kappa shape index (κ1) is 21.9. The molecule has 0 saturated carbocycles. The van der Waals surface area contributed by atoms with Crippen molar-refractivity contribution in [2.24, 2.45) is 0 Å². The number of rotatable bonds is 6. The Balaban J connectivity index is 1.37. The number of hydrogen-bond acceptors (Lipinski definition) is 6. The highest BCUT2D eigenvalue weighted by atomic mass is 16.5. The quantitative estimate of drug-likeness (QED) is 0.288. The predicted molar refractivity (Wildman–Crippen MR) is 138 cm³/mol. The third-order valence-corrected chi connectivity index (χ3v) is 6.45. The molecular formula is C29H25N5O2. The third-order valence-electron chi connectivity index (χ3n) is 6.45. The molecule has 5 aromatic rings. The van der Waals surface area contributed by atoms with Crippen molar-refractivity contribution in [1.82, 2.24) is 19.9 Å². The van der Waals surface area contributed by atoms with Crippen LogP contribution in [0.4, 0.5) is 5.88 Å². The SMILES string of the molecule is Cc1noc(N2C=COC2c2ccc(-c3ccccc3)c(Cn3cnc(-c4ccccc4)n3)c2)c1C. The Kier molecular flexibility index (Phi) is 5.58. The molecule has 1 aliphatic heterocycles. The van der Waals surface area contributed by atoms with Gasteiger partial charge in [-0.05, 0) is 36.6 Å². The average molecular weight is 476 g/mol. The topological polar surface area (TPSA) is 69.2 Å². The van der Waals surface area contributed by atoms with Crippen LogP contribution in [-0.4, -0.2) is 19.9 Å². The second-order valence-electron chi connectivity index (χ2n) is 8.79. The third kappa shape index (κ3) is 4.05. The van der Waals surface area contributed by atoms with Gasteiger partial charge in [-0.15, -0.1) is 0 Å². The lowest BCUT2D eigenvalue weighted by molar-refractivity contribution is 0.169. The molecule has 3 aromatic carbocycles. The van der Waals surface area contributed by atoms with Crippen molar-refractivity contribution in [2.45, 2.75) is 26.6 Å². The maximum atomic E-state index is 6.01. The summed E-state index contributed by atoms with van der Waals surface area (Å²) in [5.74, 6) is 1.39. The highest BCUT2D eigenvalue weighted by Crippen LogP contribution is 2.37. The Labute approximate surface area is 209 Å². The highest BCUT2D eigenvalue weighted by Gasteiger charge is 2.29. The van der Waals surface area contributed by atoms with E-state index in [9.17, 15) is 0 Å². The van der Waals surface area contributed by atoms with E-state index in [1.807, 2.05) is 66.0 Å². The van der Waals surface area contributed by atoms with Crippen molar-refractivity contribution < 1.29 is 9.26 Å². The molecule has 0 fully saturated rings. The molecule has 0 amide bonds. The van der Waals surface area contributed by atoms with Crippen LogP contribution < -0.4 is 4.90 Å². The van der Waals surface area contributed by atoms with E-state index in [4.69, 9.17) is 14.4 Å². The Bertz CT molecular complexity index is 1520. The van der Waals surface area contributed by atoms with Crippen LogP contribution in [0.15, 0.2) is 102 Å². The lowest BCUT2D eigenvalue weighted by Crippen LogP contribution is -2.20. The van der Waals surface area contributed by atoms with Gasteiger partial charge < -0.3 is 9.26 Å². The average Bonchev–Trinajstić information content (AvgIpc) is 3.66. The first-order valence-electron chi connectivity index (χ1n) is 11.8. The number of ether oxygens (including phenoxy) is 1. The fourth-order valence-electron chi connectivity index (χ4n) is 4.44. The molecule has 178 valence electrons. The maximum Gasteiger partial charge on any atom is 0.237 e. The second kappa shape index (κ2) is 9.19. The molecule has 1 aliphatic rings. The molecule has 6 rings (SSSR count). The lowest BCUT2D eigenvalue weighted by atomic mass is 9.96. The van der Waals surface area contributed by atoms with Crippen molar-refractivity contribution >= 4 is 5.88 Å². The number of aromatic nitrogens is 4. The van der Waals surface area contributed by atoms with Gasteiger partial charge in [-0.1, -0.05) is 78.0 Å². The summed E-state index contributed by atoms with van der Waals surface area (Å²) < 4.78 is 13.5. The van der Waals surface area contributed by atoms with Crippen LogP contribution in [0.5, 0.6) is 0 Å². The van der Waals surface area contributed by atoms with Crippen molar-refractivity contribution in [3.8, 4) is 22.5 Å². The van der Waals surface area contributed by atoms with E-state index in [-0.39, 0.29) is 6.23 Å². The van der Waals surface area contributed by atoms with Gasteiger partial charge in [0.05, 0.1) is 12.2 Å². The molecule has 1 unspecified atom stereocenters. The molecule has 7 heteroatoms. The molecule has 1 atom stereocenters. The van der Waals surface area contributed by atoms with Crippen molar-refractivity contribution in [3.63, 3.8) is 0 Å². The maximum absolute atomic E-state index is 6.01. The van der Waals surface area contributed by atoms with E-state index < -0.39 is 0 Å². The van der Waals surface area contributed by atoms with Crippen LogP contribution in [0.25, 0.3) is 22.5 Å². The van der Waals surface area contributed by atoms with Gasteiger partial charge in [-0.25, -0.2) is 9.67 Å². The summed E-state index contributed by atoms with van der Waals surface area (Å²) in [6, 6.07) is 26.8. The monoisotopic (exact) mass is 475 g/mol. The van der Waals surface area contributed by atoms with Gasteiger partial charge in [-0.2, -0.15) is 5.10 Å². The standard InChI is InChI=1S/C29H25N5O2/c1-20-21(2)32-36-28(20)34-15-16-35-29(34)24-13-14-26(22-9-5-3-6-10-22)25(17-24)18-33-19-30-27(31-33)23-11-7-4-8-12-23/h3-17,19,29H,18H2,1-2H3. The van der Waals surface area contributed by atoms with Gasteiger partial charge in [0.1, 0.15) is 12.6 Å². The zero-order valence-electron chi connectivity index (χ0n) is 20.1. The summed E-state index contributed by atoms with van der Waals surface area (Å²) in [7, 11) is 0. The van der Waals surface area contributed by atoms with Crippen LogP contribution >= 0.6 is 0 Å². The molecular weight excluding hydrogens is 450 g/mol. The zero-order chi connectivity index (χ0) is 24.5. The predicted octanol–water partition coefficient (Wildman–Crippen LogP) is 6.27. The van der Waals surface area contributed by atoms with Crippen LogP contribution in [0.2, 0.25) is 0 Å². The summed E-state index contributed by atoms with van der Waals surface area (Å²) in [6.45, 7) is 4.51. The number of anilines is 1. The molecule has 2 aromatic heterocycles. The van der Waals surface area contributed by atoms with E-state index in [2.05, 4.69) is 52.6 Å². The molecule has 36 heavy (non-hydrogen) atoms. The van der Waals surface area contributed by atoms with E-state index in [0.29, 0.717) is 18.3 Å². The van der Waals surface area contributed by atoms with Gasteiger partial charge in [0.25, 0.3) is 0 Å². The van der Waals surface area contributed by atoms with Gasteiger partial charge in [0, 0.05) is 22.9 Å². The summed E-state index contributed by atoms with van der Waals surface area (Å²) >= 11 is 0. The van der Waals surface area contributed by atoms with Crippen LogP contribution in [0, 0.1) is 13.8 Å². The molecule has 0 aliphatic carbocycles. The highest BCUT2D eigenvalue weighted by molar-refractivity contribution is 5.68. The molecule has 7 nitrogen and oxygen atoms in total. The summed E-state index contributed by atoms with van der Waals surface area (Å²) in [5, 5.41) is 8.86. The Morgan fingerprint density at radius 3 is 2.36 bits per heavy atom. The Hall–Kier alpha value is -4.65. The first-order chi connectivity index (χ1) is 17.7. The fraction of sp³-hybridized carbons (Fsp3) is 0.138. The molecule has 3 heterocycles. The van der Waals surface area contributed by atoms with Crippen molar-refractivity contribution in [3.05, 3.63) is 120 Å². The summed E-state index contributed by atoms with van der Waals surface area (Å²) in [6.07, 6.45) is 5.00. The smallest absolute Gasteiger partial charge is 0.237 e. The minimum Gasteiger partial charge on any atom is -0.472 e. The minimum absolute atomic E-state index is 0.352. The normalized spacial score (nSPS) is 14.8. The van der Waals surface area contributed by atoms with E-state index in [0.717, 1.165) is 39.1 Å². The molecule has 0 radical (unpaired) electrons. The van der Waals surface area contributed by atoms with Gasteiger partial charge in [-0.3, -0.25) is 4.90 Å². The number of nitrogens with zero attached hydrogens (tertiary/aromatic N) is 5. The van der Waals surface area contributed by atoms with Gasteiger partial charge in [0.2, 0.25) is 12.1 Å². The van der Waals surface area contributed by atoms with Crippen molar-refractivity contribution in [1.29, 1.82) is 0 Å². The number of hydrogen-bond donors (Lipinski definition) is 0. The van der Waals surface area contributed by atoms with Gasteiger partial charge >= 0.3 is 0 Å². The number of aryl methyl sites for hydroxylation is 1. The molecule has 0 saturated heterocycles. The van der Waals surface area contributed by atoms with E-state index in [1.54, 1.807) is 12.6 Å². The summed E-state index contributed by atoms with van der Waals surface area (Å²) in [5.41, 5.74) is 7.26. The summed E-state index contributed by atoms with van der Waals surface area (Å²) in [4.78, 5) is 6.51. The van der Waals surface area contributed by atoms with Crippen LogP contribution in [-0.2, 0) is 11.3 Å². The lowest BCUT2D eigenvalue weighted by Gasteiger charge is -2.23. The van der Waals surface area contributed by atoms with E-state index >= 15 is 0 Å². The minimum atomic E-state index is -0.352. The van der Waals surface area contributed by atoms with Crippen LogP contribution in [0.1, 0.15) is 28.6 Å². The number of benzene rings is 3. The second-order valence-corrected chi connectivity index (χ2v) is 8.79. The molecule has 0 N–H and O–H groups in total. The largest absolute Gasteiger partial charge is 0.472 e. The van der Waals surface area contributed by atoms with Gasteiger partial charge in [0.15, 0.2) is 5.82 Å². The Morgan fingerprint density at radius 1 is 0.889 bits per heavy atom. The van der Waals surface area contributed by atoms with Crippen molar-refractivity contribution in [2.75, 3.05) is 4.90 Å². The Morgan fingerprint density at radius 2 is 1.64 bits per heavy atom.